The molecule has 1 atom stereocenters. The molecule has 5 rings (SSSR count). The van der Waals surface area contributed by atoms with Crippen LogP contribution in [0.15, 0.2) is 93.7 Å². The molecule has 1 amide bonds. The monoisotopic (exact) mass is 741 g/mol. The molecular weight excluding hydrogens is 695 g/mol. The first kappa shape index (κ1) is 38.8. The van der Waals surface area contributed by atoms with E-state index < -0.39 is 39.5 Å². The van der Waals surface area contributed by atoms with Crippen LogP contribution in [0, 0.1) is 20.8 Å². The van der Waals surface area contributed by atoms with E-state index in [-0.39, 0.29) is 41.4 Å². The molecule has 53 heavy (non-hydrogen) atoms. The lowest BCUT2D eigenvalue weighted by Crippen LogP contribution is -2.44. The highest BCUT2D eigenvalue weighted by Crippen LogP contribution is 2.42. The van der Waals surface area contributed by atoms with Gasteiger partial charge in [0.15, 0.2) is 0 Å². The topological polar surface area (TPSA) is 171 Å². The normalized spacial score (nSPS) is 14.5. The zero-order valence-electron chi connectivity index (χ0n) is 30.9. The molecule has 1 aliphatic rings. The summed E-state index contributed by atoms with van der Waals surface area (Å²) in [7, 11) is -2.90. The highest BCUT2D eigenvalue weighted by molar-refractivity contribution is 7.90. The van der Waals surface area contributed by atoms with Gasteiger partial charge in [0, 0.05) is 12.7 Å². The average molecular weight is 742 g/mol. The third kappa shape index (κ3) is 8.62. The number of hydrogen-bond donors (Lipinski definition) is 3. The number of benzene rings is 3. The van der Waals surface area contributed by atoms with Crippen LogP contribution in [0.1, 0.15) is 82.9 Å². The van der Waals surface area contributed by atoms with Crippen LogP contribution in [-0.4, -0.2) is 56.1 Å². The van der Waals surface area contributed by atoms with Crippen molar-refractivity contribution in [2.75, 3.05) is 13.7 Å². The molecule has 0 spiro atoms. The first-order valence-corrected chi connectivity index (χ1v) is 19.0. The second kappa shape index (κ2) is 16.1. The molecule has 0 bridgehead atoms. The van der Waals surface area contributed by atoms with Crippen LogP contribution >= 0.6 is 0 Å². The number of amides is 1. The van der Waals surface area contributed by atoms with Crippen LogP contribution in [0.25, 0.3) is 0 Å². The number of esters is 1. The predicted molar refractivity (Wildman–Crippen MR) is 204 cm³/mol. The molecule has 12 nitrogen and oxygen atoms in total. The lowest BCUT2D eigenvalue weighted by molar-refractivity contribution is -0.143. The van der Waals surface area contributed by atoms with Crippen molar-refractivity contribution in [2.45, 2.75) is 82.9 Å². The Bertz CT molecular complexity index is 2140. The number of pyridine rings is 1. The van der Waals surface area contributed by atoms with Gasteiger partial charge >= 0.3 is 5.97 Å². The maximum absolute atomic E-state index is 13.8. The lowest BCUT2D eigenvalue weighted by atomic mass is 9.88. The van der Waals surface area contributed by atoms with Gasteiger partial charge in [-0.2, -0.15) is 0 Å². The molecule has 0 fully saturated rings. The summed E-state index contributed by atoms with van der Waals surface area (Å²) in [6, 6.07) is 20.4. The summed E-state index contributed by atoms with van der Waals surface area (Å²) in [6.45, 7) is 9.42. The Labute approximate surface area is 310 Å². The number of carbonyl (C=O) groups is 2. The van der Waals surface area contributed by atoms with Gasteiger partial charge in [-0.3, -0.25) is 14.6 Å². The van der Waals surface area contributed by atoms with E-state index in [9.17, 15) is 22.8 Å². The van der Waals surface area contributed by atoms with E-state index in [0.29, 0.717) is 17.5 Å². The zero-order valence-corrected chi connectivity index (χ0v) is 31.8. The van der Waals surface area contributed by atoms with E-state index in [2.05, 4.69) is 15.0 Å². The summed E-state index contributed by atoms with van der Waals surface area (Å²) in [5, 5.41) is 2.64. The van der Waals surface area contributed by atoms with E-state index in [1.165, 1.54) is 17.7 Å². The minimum atomic E-state index is -4.10. The Morgan fingerprint density at radius 3 is 2.19 bits per heavy atom. The quantitative estimate of drug-likeness (QED) is 0.0800. The van der Waals surface area contributed by atoms with E-state index in [4.69, 9.17) is 15.2 Å². The molecule has 13 heteroatoms. The van der Waals surface area contributed by atoms with Gasteiger partial charge in [0.25, 0.3) is 21.5 Å². The van der Waals surface area contributed by atoms with Gasteiger partial charge in [0.05, 0.1) is 18.0 Å². The number of fused-ring (bicyclic) bond motifs is 1. The number of nitrogens with two attached hydrogens (primary N) is 1. The summed E-state index contributed by atoms with van der Waals surface area (Å²) >= 11 is 0. The summed E-state index contributed by atoms with van der Waals surface area (Å²) in [5.74, 6) is -1.03. The van der Waals surface area contributed by atoms with Crippen LogP contribution in [0.3, 0.4) is 0 Å². The molecule has 4 N–H and O–H groups in total. The van der Waals surface area contributed by atoms with E-state index >= 15 is 0 Å². The van der Waals surface area contributed by atoms with Crippen LogP contribution in [0.5, 0.6) is 5.75 Å². The second-order valence-electron chi connectivity index (χ2n) is 13.8. The maximum Gasteiger partial charge on any atom is 0.328 e. The standard InChI is InChI=1S/C40H47N5O7S/c1-25-26(2)35(27(3)30-21-22-40(4,5)52-34(25)30)53(49,50)44-39(41)42-23-13-20-32(38(48)51-6)43-36(46)31-19-14-24-45(37(31)47)33(28-15-9-7-10-16-28)29-17-11-8-12-18-29/h7-12,14-19,24,32-33H,13,20-23H2,1-6H3,(H,43,46)(H3,41,42,44)/t32-/m1/s1. The third-order valence-corrected chi connectivity index (χ3v) is 11.3. The van der Waals surface area contributed by atoms with Gasteiger partial charge in [-0.05, 0) is 106 Å². The number of carbonyl (C=O) groups excluding carboxylic acids is 2. The van der Waals surface area contributed by atoms with Crippen LogP contribution < -0.4 is 26.1 Å². The van der Waals surface area contributed by atoms with E-state index in [1.807, 2.05) is 81.4 Å². The highest BCUT2D eigenvalue weighted by atomic mass is 32.2. The number of sulfonamides is 1. The number of nitrogens with zero attached hydrogens (tertiary/aromatic N) is 2. The average Bonchev–Trinajstić information content (AvgIpc) is 3.12. The van der Waals surface area contributed by atoms with Crippen molar-refractivity contribution in [1.29, 1.82) is 0 Å². The summed E-state index contributed by atoms with van der Waals surface area (Å²) in [6.07, 6.45) is 3.37. The number of hydrogen-bond acceptors (Lipinski definition) is 8. The number of methoxy groups -OCH3 is 1. The minimum absolute atomic E-state index is 0.0375. The minimum Gasteiger partial charge on any atom is -0.487 e. The summed E-state index contributed by atoms with van der Waals surface area (Å²) < 4.78 is 42.2. The van der Waals surface area contributed by atoms with Gasteiger partial charge in [0.2, 0.25) is 5.96 Å². The number of guanidine groups is 1. The fourth-order valence-electron chi connectivity index (χ4n) is 6.76. The molecule has 4 aromatic rings. The van der Waals surface area contributed by atoms with Crippen molar-refractivity contribution in [3.8, 4) is 5.75 Å². The SMILES string of the molecule is COC(=O)[C@@H](CCCN=C(N)NS(=O)(=O)c1c(C)c(C)c2c(c1C)CCC(C)(C)O2)NC(=O)c1cccn(C(c2ccccc2)c2ccccc2)c1=O. The number of aliphatic imine (C=N–C) groups is 1. The largest absolute Gasteiger partial charge is 0.487 e. The first-order valence-electron chi connectivity index (χ1n) is 17.5. The Morgan fingerprint density at radius 2 is 1.58 bits per heavy atom. The number of nitrogens with one attached hydrogen (secondary N) is 2. The molecule has 0 saturated heterocycles. The Balaban J connectivity index is 1.28. The van der Waals surface area contributed by atoms with Gasteiger partial charge in [-0.25, -0.2) is 17.9 Å². The highest BCUT2D eigenvalue weighted by Gasteiger charge is 2.34. The van der Waals surface area contributed by atoms with Crippen LogP contribution in [0.4, 0.5) is 0 Å². The molecule has 0 unspecified atom stereocenters. The fraction of sp³-hybridized carbons (Fsp3) is 0.350. The van der Waals surface area contributed by atoms with E-state index in [0.717, 1.165) is 34.4 Å². The lowest BCUT2D eigenvalue weighted by Gasteiger charge is -2.35. The van der Waals surface area contributed by atoms with Crippen molar-refractivity contribution in [3.63, 3.8) is 0 Å². The molecule has 0 aliphatic carbocycles. The maximum atomic E-state index is 13.8. The molecule has 280 valence electrons. The van der Waals surface area contributed by atoms with Crippen LogP contribution in [-0.2, 0) is 26.0 Å². The zero-order chi connectivity index (χ0) is 38.5. The Kier molecular flexibility index (Phi) is 11.8. The van der Waals surface area contributed by atoms with Gasteiger partial charge in [0.1, 0.15) is 23.0 Å². The number of ether oxygens (including phenoxy) is 2. The molecule has 0 radical (unpaired) electrons. The van der Waals surface area contributed by atoms with Gasteiger partial charge in [-0.15, -0.1) is 0 Å². The molecule has 2 heterocycles. The van der Waals surface area contributed by atoms with Crippen molar-refractivity contribution in [1.82, 2.24) is 14.6 Å². The third-order valence-electron chi connectivity index (χ3n) is 9.63. The first-order chi connectivity index (χ1) is 25.1. The molecule has 3 aromatic carbocycles. The summed E-state index contributed by atoms with van der Waals surface area (Å²) in [5.41, 5.74) is 9.52. The number of rotatable bonds is 12. The van der Waals surface area contributed by atoms with Crippen molar-refractivity contribution >= 4 is 27.9 Å². The van der Waals surface area contributed by atoms with Crippen LogP contribution in [0.2, 0.25) is 0 Å². The van der Waals surface area contributed by atoms with Gasteiger partial charge in [-0.1, -0.05) is 60.7 Å². The Morgan fingerprint density at radius 1 is 0.962 bits per heavy atom. The molecular formula is C40H47N5O7S. The van der Waals surface area contributed by atoms with Gasteiger partial charge < -0.3 is 25.1 Å². The van der Waals surface area contributed by atoms with Crippen molar-refractivity contribution in [3.05, 3.63) is 128 Å². The second-order valence-corrected chi connectivity index (χ2v) is 15.4. The fourth-order valence-corrected chi connectivity index (χ4v) is 8.29. The molecule has 1 aromatic heterocycles. The number of aromatic nitrogens is 1. The molecule has 1 aliphatic heterocycles. The smallest absolute Gasteiger partial charge is 0.328 e. The van der Waals surface area contributed by atoms with E-state index in [1.54, 1.807) is 26.1 Å². The Hall–Kier alpha value is -5.43. The van der Waals surface area contributed by atoms with Crippen molar-refractivity contribution in [2.24, 2.45) is 10.7 Å². The molecule has 0 saturated carbocycles. The predicted octanol–water partition coefficient (Wildman–Crippen LogP) is 4.86. The van der Waals surface area contributed by atoms with Crippen molar-refractivity contribution < 1.29 is 27.5 Å². The summed E-state index contributed by atoms with van der Waals surface area (Å²) in [4.78, 5) is 44.4.